The second kappa shape index (κ2) is 7.25. The summed E-state index contributed by atoms with van der Waals surface area (Å²) in [5.41, 5.74) is 0. The van der Waals surface area contributed by atoms with E-state index in [0.29, 0.717) is 13.2 Å². The molecule has 0 bridgehead atoms. The first kappa shape index (κ1) is 13.0. The second-order valence-corrected chi connectivity index (χ2v) is 4.24. The smallest absolute Gasteiger partial charge is 0.307 e. The van der Waals surface area contributed by atoms with Gasteiger partial charge in [0.25, 0.3) is 0 Å². The summed E-state index contributed by atoms with van der Waals surface area (Å²) in [5, 5.41) is 2.79. The predicted molar refractivity (Wildman–Crippen MR) is 60.8 cm³/mol. The zero-order valence-electron chi connectivity index (χ0n) is 9.96. The molecule has 1 aliphatic rings. The Morgan fingerprint density at radius 1 is 1.31 bits per heavy atom. The van der Waals surface area contributed by atoms with E-state index in [1.54, 1.807) is 0 Å². The monoisotopic (exact) mass is 227 g/mol. The van der Waals surface area contributed by atoms with Crippen LogP contribution in [0.3, 0.4) is 0 Å². The lowest BCUT2D eigenvalue weighted by Gasteiger charge is -2.09. The Morgan fingerprint density at radius 3 is 2.62 bits per heavy atom. The van der Waals surface area contributed by atoms with E-state index < -0.39 is 0 Å². The van der Waals surface area contributed by atoms with E-state index in [1.165, 1.54) is 0 Å². The lowest BCUT2D eigenvalue weighted by molar-refractivity contribution is -0.143. The molecule has 0 saturated heterocycles. The summed E-state index contributed by atoms with van der Waals surface area (Å²) >= 11 is 0. The number of hydrogen-bond acceptors (Lipinski definition) is 3. The normalized spacial score (nSPS) is 16.1. The van der Waals surface area contributed by atoms with Crippen LogP contribution in [-0.4, -0.2) is 25.0 Å². The Bertz CT molecular complexity index is 234. The third-order valence-electron chi connectivity index (χ3n) is 2.82. The molecule has 0 spiro atoms. The van der Waals surface area contributed by atoms with Gasteiger partial charge in [0.05, 0.1) is 13.0 Å². The van der Waals surface area contributed by atoms with E-state index in [0.717, 1.165) is 32.1 Å². The molecule has 0 unspecified atom stereocenters. The lowest BCUT2D eigenvalue weighted by atomic mass is 10.1. The first-order chi connectivity index (χ1) is 7.74. The summed E-state index contributed by atoms with van der Waals surface area (Å²) in [5.74, 6) is 0.0426. The molecule has 0 aromatic heterocycles. The Kier molecular flexibility index (Phi) is 5.90. The molecule has 1 fully saturated rings. The number of rotatable bonds is 6. The quantitative estimate of drug-likeness (QED) is 0.702. The molecule has 1 N–H and O–H groups in total. The summed E-state index contributed by atoms with van der Waals surface area (Å²) in [6.07, 6.45) is 5.39. The fourth-order valence-electron chi connectivity index (χ4n) is 1.91. The number of ether oxygens (including phenoxy) is 1. The van der Waals surface area contributed by atoms with Crippen LogP contribution in [0.1, 0.15) is 45.4 Å². The molecular formula is C12H21NO3. The van der Waals surface area contributed by atoms with Gasteiger partial charge in [-0.25, -0.2) is 0 Å². The third-order valence-corrected chi connectivity index (χ3v) is 2.82. The highest BCUT2D eigenvalue weighted by molar-refractivity contribution is 5.79. The topological polar surface area (TPSA) is 55.4 Å². The van der Waals surface area contributed by atoms with Crippen molar-refractivity contribution in [3.05, 3.63) is 0 Å². The van der Waals surface area contributed by atoms with Gasteiger partial charge >= 0.3 is 5.97 Å². The minimum atomic E-state index is -0.228. The van der Waals surface area contributed by atoms with E-state index in [2.05, 4.69) is 5.32 Å². The van der Waals surface area contributed by atoms with Gasteiger partial charge in [0, 0.05) is 12.5 Å². The highest BCUT2D eigenvalue weighted by Gasteiger charge is 2.22. The average Bonchev–Trinajstić information content (AvgIpc) is 2.79. The maximum atomic E-state index is 11.6. The van der Waals surface area contributed by atoms with Crippen molar-refractivity contribution in [1.82, 2.24) is 5.32 Å². The van der Waals surface area contributed by atoms with Crippen LogP contribution in [0.4, 0.5) is 0 Å². The molecule has 1 amide bonds. The van der Waals surface area contributed by atoms with Crippen LogP contribution >= 0.6 is 0 Å². The van der Waals surface area contributed by atoms with Gasteiger partial charge in [0.2, 0.25) is 5.91 Å². The molecule has 0 radical (unpaired) electrons. The van der Waals surface area contributed by atoms with Crippen molar-refractivity contribution in [3.63, 3.8) is 0 Å². The number of carbonyl (C=O) groups is 2. The molecule has 0 aromatic carbocycles. The molecule has 1 saturated carbocycles. The van der Waals surface area contributed by atoms with Gasteiger partial charge in [0.1, 0.15) is 0 Å². The van der Waals surface area contributed by atoms with E-state index in [9.17, 15) is 9.59 Å². The standard InChI is InChI=1S/C12H21NO3/c1-2-9-16-11(14)7-8-13-12(15)10-5-3-4-6-10/h10H,2-9H2,1H3,(H,13,15). The van der Waals surface area contributed by atoms with Crippen LogP contribution in [0.5, 0.6) is 0 Å². The van der Waals surface area contributed by atoms with Crippen molar-refractivity contribution >= 4 is 11.9 Å². The van der Waals surface area contributed by atoms with Gasteiger partial charge in [-0.05, 0) is 19.3 Å². The summed E-state index contributed by atoms with van der Waals surface area (Å²) in [4.78, 5) is 22.7. The lowest BCUT2D eigenvalue weighted by Crippen LogP contribution is -2.31. The first-order valence-electron chi connectivity index (χ1n) is 6.17. The number of esters is 1. The van der Waals surface area contributed by atoms with E-state index in [4.69, 9.17) is 4.74 Å². The molecule has 0 atom stereocenters. The van der Waals surface area contributed by atoms with E-state index in [-0.39, 0.29) is 24.2 Å². The summed E-state index contributed by atoms with van der Waals surface area (Å²) < 4.78 is 4.91. The number of carbonyl (C=O) groups excluding carboxylic acids is 2. The number of amides is 1. The fourth-order valence-corrected chi connectivity index (χ4v) is 1.91. The molecule has 1 aliphatic carbocycles. The van der Waals surface area contributed by atoms with Crippen LogP contribution in [0.25, 0.3) is 0 Å². The largest absolute Gasteiger partial charge is 0.466 e. The molecule has 0 aromatic rings. The van der Waals surface area contributed by atoms with Gasteiger partial charge in [-0.15, -0.1) is 0 Å². The van der Waals surface area contributed by atoms with Crippen LogP contribution in [0.2, 0.25) is 0 Å². The van der Waals surface area contributed by atoms with Crippen LogP contribution in [0, 0.1) is 5.92 Å². The van der Waals surface area contributed by atoms with Crippen LogP contribution < -0.4 is 5.32 Å². The summed E-state index contributed by atoms with van der Waals surface area (Å²) in [7, 11) is 0. The van der Waals surface area contributed by atoms with Gasteiger partial charge in [-0.1, -0.05) is 19.8 Å². The Balaban J connectivity index is 2.05. The highest BCUT2D eigenvalue weighted by atomic mass is 16.5. The minimum Gasteiger partial charge on any atom is -0.466 e. The molecule has 1 rings (SSSR count). The third kappa shape index (κ3) is 4.64. The van der Waals surface area contributed by atoms with Gasteiger partial charge in [0.15, 0.2) is 0 Å². The van der Waals surface area contributed by atoms with Gasteiger partial charge in [-0.3, -0.25) is 9.59 Å². The molecule has 4 nitrogen and oxygen atoms in total. The average molecular weight is 227 g/mol. The molecule has 92 valence electrons. The molecular weight excluding hydrogens is 206 g/mol. The maximum absolute atomic E-state index is 11.6. The van der Waals surface area contributed by atoms with E-state index in [1.807, 2.05) is 6.92 Å². The van der Waals surface area contributed by atoms with Crippen LogP contribution in [-0.2, 0) is 14.3 Å². The molecule has 4 heteroatoms. The SMILES string of the molecule is CCCOC(=O)CCNC(=O)C1CCCC1. The van der Waals surface area contributed by atoms with Crippen molar-refractivity contribution < 1.29 is 14.3 Å². The van der Waals surface area contributed by atoms with Crippen molar-refractivity contribution in [2.45, 2.75) is 45.4 Å². The van der Waals surface area contributed by atoms with Crippen molar-refractivity contribution in [1.29, 1.82) is 0 Å². The predicted octanol–water partition coefficient (Wildman–Crippen LogP) is 1.64. The zero-order valence-corrected chi connectivity index (χ0v) is 9.96. The second-order valence-electron chi connectivity index (χ2n) is 4.24. The minimum absolute atomic E-state index is 0.0980. The molecule has 0 heterocycles. The summed E-state index contributed by atoms with van der Waals surface area (Å²) in [6, 6.07) is 0. The van der Waals surface area contributed by atoms with Gasteiger partial charge in [-0.2, -0.15) is 0 Å². The first-order valence-corrected chi connectivity index (χ1v) is 6.17. The highest BCUT2D eigenvalue weighted by Crippen LogP contribution is 2.24. The Labute approximate surface area is 96.7 Å². The van der Waals surface area contributed by atoms with Crippen LogP contribution in [0.15, 0.2) is 0 Å². The zero-order chi connectivity index (χ0) is 11.8. The van der Waals surface area contributed by atoms with E-state index >= 15 is 0 Å². The van der Waals surface area contributed by atoms with Gasteiger partial charge < -0.3 is 10.1 Å². The fraction of sp³-hybridized carbons (Fsp3) is 0.833. The van der Waals surface area contributed by atoms with Crippen molar-refractivity contribution in [3.8, 4) is 0 Å². The maximum Gasteiger partial charge on any atom is 0.307 e. The number of nitrogens with one attached hydrogen (secondary N) is 1. The molecule has 16 heavy (non-hydrogen) atoms. The number of hydrogen-bond donors (Lipinski definition) is 1. The molecule has 0 aliphatic heterocycles. The Hall–Kier alpha value is -1.06. The van der Waals surface area contributed by atoms with Crippen molar-refractivity contribution in [2.24, 2.45) is 5.92 Å². The Morgan fingerprint density at radius 2 is 2.00 bits per heavy atom. The summed E-state index contributed by atoms with van der Waals surface area (Å²) in [6.45, 7) is 2.82. The van der Waals surface area contributed by atoms with Crippen molar-refractivity contribution in [2.75, 3.05) is 13.2 Å².